The first-order valence-electron chi connectivity index (χ1n) is 4.91. The third kappa shape index (κ3) is 3.61. The maximum atomic E-state index is 11.8. The summed E-state index contributed by atoms with van der Waals surface area (Å²) in [5.74, 6) is -1.05. The van der Waals surface area contributed by atoms with E-state index in [1.165, 1.54) is 11.3 Å². The number of hydrogen-bond acceptors (Lipinski definition) is 3. The number of aryl methyl sites for hydroxylation is 1. The van der Waals surface area contributed by atoms with Gasteiger partial charge in [-0.05, 0) is 24.5 Å². The van der Waals surface area contributed by atoms with Crippen LogP contribution in [0.15, 0.2) is 6.07 Å². The van der Waals surface area contributed by atoms with Gasteiger partial charge in [0, 0.05) is 12.8 Å². The van der Waals surface area contributed by atoms with Crippen molar-refractivity contribution < 1.29 is 14.7 Å². The van der Waals surface area contributed by atoms with Gasteiger partial charge in [-0.15, -0.1) is 11.3 Å². The molecule has 5 heteroatoms. The zero-order valence-electron chi connectivity index (χ0n) is 9.12. The molecular formula is C11H13ClO3S. The van der Waals surface area contributed by atoms with Gasteiger partial charge in [0.05, 0.1) is 9.21 Å². The molecule has 0 aliphatic heterocycles. The Labute approximate surface area is 103 Å². The molecule has 1 unspecified atom stereocenters. The fourth-order valence-corrected chi connectivity index (χ4v) is 2.53. The first-order valence-corrected chi connectivity index (χ1v) is 6.10. The van der Waals surface area contributed by atoms with E-state index in [2.05, 4.69) is 0 Å². The van der Waals surface area contributed by atoms with Crippen LogP contribution >= 0.6 is 22.9 Å². The van der Waals surface area contributed by atoms with Crippen LogP contribution in [0.4, 0.5) is 0 Å². The molecule has 0 spiro atoms. The summed E-state index contributed by atoms with van der Waals surface area (Å²) in [6.07, 6.45) is 0.270. The number of carbonyl (C=O) groups excluding carboxylic acids is 1. The second-order valence-corrected chi connectivity index (χ2v) is 5.55. The molecule has 0 amide bonds. The fraction of sp³-hybridized carbons (Fsp3) is 0.455. The molecule has 16 heavy (non-hydrogen) atoms. The fourth-order valence-electron chi connectivity index (χ4n) is 1.38. The molecule has 0 radical (unpaired) electrons. The third-order valence-electron chi connectivity index (χ3n) is 2.19. The Kier molecular flexibility index (Phi) is 4.50. The van der Waals surface area contributed by atoms with E-state index in [0.717, 1.165) is 5.56 Å². The second kappa shape index (κ2) is 5.46. The lowest BCUT2D eigenvalue weighted by atomic mass is 10.0. The number of aliphatic carboxylic acids is 1. The highest BCUT2D eigenvalue weighted by Gasteiger charge is 2.16. The minimum Gasteiger partial charge on any atom is -0.481 e. The van der Waals surface area contributed by atoms with Gasteiger partial charge in [0.25, 0.3) is 0 Å². The van der Waals surface area contributed by atoms with Crippen molar-refractivity contribution in [3.8, 4) is 0 Å². The Morgan fingerprint density at radius 1 is 1.50 bits per heavy atom. The van der Waals surface area contributed by atoms with Crippen LogP contribution in [0.5, 0.6) is 0 Å². The van der Waals surface area contributed by atoms with E-state index < -0.39 is 5.97 Å². The van der Waals surface area contributed by atoms with Crippen LogP contribution in [-0.4, -0.2) is 16.9 Å². The van der Waals surface area contributed by atoms with E-state index in [0.29, 0.717) is 9.21 Å². The summed E-state index contributed by atoms with van der Waals surface area (Å²) in [6, 6.07) is 1.75. The number of ketones is 1. The average Bonchev–Trinajstić information content (AvgIpc) is 2.45. The van der Waals surface area contributed by atoms with Crippen molar-refractivity contribution in [2.45, 2.75) is 26.7 Å². The number of thiophene rings is 1. The molecule has 1 rings (SSSR count). The molecule has 1 heterocycles. The molecular weight excluding hydrogens is 248 g/mol. The van der Waals surface area contributed by atoms with Crippen molar-refractivity contribution in [1.29, 1.82) is 0 Å². The molecule has 1 N–H and O–H groups in total. The Morgan fingerprint density at radius 2 is 2.12 bits per heavy atom. The standard InChI is InChI=1S/C11H13ClO3S/c1-6(4-10(14)15)3-8(13)9-5-7(2)11(12)16-9/h5-6H,3-4H2,1-2H3,(H,14,15). The van der Waals surface area contributed by atoms with Gasteiger partial charge in [0.1, 0.15) is 0 Å². The number of rotatable bonds is 5. The zero-order valence-corrected chi connectivity index (χ0v) is 10.7. The van der Waals surface area contributed by atoms with Crippen LogP contribution in [-0.2, 0) is 4.79 Å². The number of Topliss-reactive ketones (excluding diaryl/α,β-unsaturated/α-hetero) is 1. The monoisotopic (exact) mass is 260 g/mol. The first kappa shape index (κ1) is 13.2. The number of hydrogen-bond donors (Lipinski definition) is 1. The summed E-state index contributed by atoms with van der Waals surface area (Å²) < 4.78 is 0.620. The Hall–Kier alpha value is -0.870. The molecule has 0 saturated heterocycles. The lowest BCUT2D eigenvalue weighted by Crippen LogP contribution is -2.09. The molecule has 1 aromatic heterocycles. The number of halogens is 1. The van der Waals surface area contributed by atoms with E-state index >= 15 is 0 Å². The predicted molar refractivity (Wildman–Crippen MR) is 64.4 cm³/mol. The molecule has 0 fully saturated rings. The zero-order chi connectivity index (χ0) is 12.3. The van der Waals surface area contributed by atoms with Crippen molar-refractivity contribution in [1.82, 2.24) is 0 Å². The van der Waals surface area contributed by atoms with Crippen molar-refractivity contribution >= 4 is 34.7 Å². The maximum absolute atomic E-state index is 11.8. The van der Waals surface area contributed by atoms with E-state index in [1.54, 1.807) is 13.0 Å². The van der Waals surface area contributed by atoms with Crippen molar-refractivity contribution in [3.05, 3.63) is 20.8 Å². The van der Waals surface area contributed by atoms with Crippen LogP contribution in [0.2, 0.25) is 4.34 Å². The van der Waals surface area contributed by atoms with E-state index in [9.17, 15) is 9.59 Å². The Bertz CT molecular complexity index is 392. The summed E-state index contributed by atoms with van der Waals surface area (Å²) >= 11 is 7.12. The number of carboxylic acid groups (broad SMARTS) is 1. The molecule has 3 nitrogen and oxygen atoms in total. The van der Waals surface area contributed by atoms with Crippen molar-refractivity contribution in [2.75, 3.05) is 0 Å². The van der Waals surface area contributed by atoms with Crippen LogP contribution in [0, 0.1) is 12.8 Å². The average molecular weight is 261 g/mol. The smallest absolute Gasteiger partial charge is 0.303 e. The molecule has 1 atom stereocenters. The van der Waals surface area contributed by atoms with Crippen LogP contribution in [0.1, 0.15) is 35.0 Å². The molecule has 0 saturated carbocycles. The van der Waals surface area contributed by atoms with Gasteiger partial charge < -0.3 is 5.11 Å². The van der Waals surface area contributed by atoms with Crippen LogP contribution in [0.25, 0.3) is 0 Å². The normalized spacial score (nSPS) is 12.4. The minimum absolute atomic E-state index is 0.0177. The minimum atomic E-state index is -0.874. The number of carboxylic acids is 1. The third-order valence-corrected chi connectivity index (χ3v) is 3.79. The highest BCUT2D eigenvalue weighted by Crippen LogP contribution is 2.28. The van der Waals surface area contributed by atoms with Crippen LogP contribution in [0.3, 0.4) is 0 Å². The molecule has 0 aliphatic rings. The van der Waals surface area contributed by atoms with Gasteiger partial charge in [-0.25, -0.2) is 0 Å². The maximum Gasteiger partial charge on any atom is 0.303 e. The van der Waals surface area contributed by atoms with E-state index in [1.807, 2.05) is 6.92 Å². The Balaban J connectivity index is 2.62. The molecule has 1 aromatic rings. The van der Waals surface area contributed by atoms with Gasteiger partial charge in [-0.3, -0.25) is 9.59 Å². The van der Waals surface area contributed by atoms with E-state index in [4.69, 9.17) is 16.7 Å². The molecule has 0 bridgehead atoms. The number of carbonyl (C=O) groups is 2. The Morgan fingerprint density at radius 3 is 2.56 bits per heavy atom. The largest absolute Gasteiger partial charge is 0.481 e. The van der Waals surface area contributed by atoms with Gasteiger partial charge >= 0.3 is 5.97 Å². The topological polar surface area (TPSA) is 54.4 Å². The highest BCUT2D eigenvalue weighted by molar-refractivity contribution is 7.18. The second-order valence-electron chi connectivity index (χ2n) is 3.90. The molecule has 0 aromatic carbocycles. The lowest BCUT2D eigenvalue weighted by molar-refractivity contribution is -0.137. The molecule has 88 valence electrons. The van der Waals surface area contributed by atoms with Crippen molar-refractivity contribution in [3.63, 3.8) is 0 Å². The van der Waals surface area contributed by atoms with E-state index in [-0.39, 0.29) is 24.5 Å². The lowest BCUT2D eigenvalue weighted by Gasteiger charge is -2.05. The first-order chi connectivity index (χ1) is 7.40. The quantitative estimate of drug-likeness (QED) is 0.826. The summed E-state index contributed by atoms with van der Waals surface area (Å²) in [7, 11) is 0. The van der Waals surface area contributed by atoms with Gasteiger partial charge in [0.2, 0.25) is 0 Å². The summed E-state index contributed by atoms with van der Waals surface area (Å²) in [5.41, 5.74) is 0.890. The van der Waals surface area contributed by atoms with Gasteiger partial charge in [-0.1, -0.05) is 18.5 Å². The van der Waals surface area contributed by atoms with Crippen molar-refractivity contribution in [2.24, 2.45) is 5.92 Å². The summed E-state index contributed by atoms with van der Waals surface area (Å²) in [6.45, 7) is 3.60. The summed E-state index contributed by atoms with van der Waals surface area (Å²) in [4.78, 5) is 22.8. The van der Waals surface area contributed by atoms with Crippen LogP contribution < -0.4 is 0 Å². The van der Waals surface area contributed by atoms with Gasteiger partial charge in [-0.2, -0.15) is 0 Å². The SMILES string of the molecule is Cc1cc(C(=O)CC(C)CC(=O)O)sc1Cl. The molecule has 0 aliphatic carbocycles. The van der Waals surface area contributed by atoms with Gasteiger partial charge in [0.15, 0.2) is 5.78 Å². The summed E-state index contributed by atoms with van der Waals surface area (Å²) in [5, 5.41) is 8.59. The predicted octanol–water partition coefficient (Wildman–Crippen LogP) is 3.39. The highest BCUT2D eigenvalue weighted by atomic mass is 35.5.